The molecule has 34 heavy (non-hydrogen) atoms. The zero-order valence-electron chi connectivity index (χ0n) is 18.4. The molecule has 8 nitrogen and oxygen atoms in total. The van der Waals surface area contributed by atoms with Crippen LogP contribution in [0.4, 0.5) is 0 Å². The summed E-state index contributed by atoms with van der Waals surface area (Å²) in [7, 11) is 0. The molecule has 0 saturated carbocycles. The lowest BCUT2D eigenvalue weighted by atomic mass is 10.1. The lowest BCUT2D eigenvalue weighted by molar-refractivity contribution is 0.0358. The quantitative estimate of drug-likeness (QED) is 0.370. The van der Waals surface area contributed by atoms with E-state index in [1.165, 1.54) is 11.3 Å². The van der Waals surface area contributed by atoms with E-state index in [-0.39, 0.29) is 0 Å². The molecule has 5 rings (SSSR count). The van der Waals surface area contributed by atoms with Crippen molar-refractivity contribution in [3.63, 3.8) is 0 Å². The number of ether oxygens (including phenoxy) is 2. The highest BCUT2D eigenvalue weighted by atomic mass is 35.5. The van der Waals surface area contributed by atoms with E-state index in [1.54, 1.807) is 18.5 Å². The number of hydrogen-bond donors (Lipinski definition) is 1. The Balaban J connectivity index is 1.37. The lowest BCUT2D eigenvalue weighted by Gasteiger charge is -2.26. The first kappa shape index (κ1) is 22.8. The smallest absolute Gasteiger partial charge is 0.261 e. The fraction of sp³-hybridized carbons (Fsp3) is 0.292. The van der Waals surface area contributed by atoms with Crippen molar-refractivity contribution in [2.75, 3.05) is 39.5 Å². The molecule has 4 aromatic rings. The molecular weight excluding hydrogens is 474 g/mol. The molecule has 1 fully saturated rings. The summed E-state index contributed by atoms with van der Waals surface area (Å²) < 4.78 is 13.3. The van der Waals surface area contributed by atoms with E-state index in [2.05, 4.69) is 9.88 Å². The van der Waals surface area contributed by atoms with Gasteiger partial charge in [-0.3, -0.25) is 14.3 Å². The summed E-state index contributed by atoms with van der Waals surface area (Å²) in [5.74, 6) is 0.227. The number of thiazole rings is 1. The Kier molecular flexibility index (Phi) is 6.77. The van der Waals surface area contributed by atoms with E-state index in [0.29, 0.717) is 27.3 Å². The minimum Gasteiger partial charge on any atom is -0.493 e. The van der Waals surface area contributed by atoms with Crippen LogP contribution in [0.25, 0.3) is 27.4 Å². The molecule has 0 spiro atoms. The molecule has 0 unspecified atom stereocenters. The van der Waals surface area contributed by atoms with E-state index in [0.717, 1.165) is 61.6 Å². The maximum Gasteiger partial charge on any atom is 0.261 e. The predicted octanol–water partition coefficient (Wildman–Crippen LogP) is 4.00. The van der Waals surface area contributed by atoms with E-state index < -0.39 is 5.91 Å². The molecule has 2 aromatic carbocycles. The van der Waals surface area contributed by atoms with Crippen molar-refractivity contribution in [3.8, 4) is 22.1 Å². The van der Waals surface area contributed by atoms with Crippen LogP contribution in [0.3, 0.4) is 0 Å². The van der Waals surface area contributed by atoms with Crippen molar-refractivity contribution in [1.29, 1.82) is 0 Å². The molecule has 0 bridgehead atoms. The van der Waals surface area contributed by atoms with Gasteiger partial charge in [-0.1, -0.05) is 35.1 Å². The van der Waals surface area contributed by atoms with Gasteiger partial charge in [0.2, 0.25) is 0 Å². The SMILES string of the molecule is NC(=O)c1sc(-n2cnc3ccc(OCCCN4CCOCC4)cc32)nc1-c1cccc(Cl)c1. The van der Waals surface area contributed by atoms with E-state index >= 15 is 0 Å². The van der Waals surface area contributed by atoms with Gasteiger partial charge in [0.15, 0.2) is 5.13 Å². The second-order valence-corrected chi connectivity index (χ2v) is 9.38. The standard InChI is InChI=1S/C24H24ClN5O3S/c25-17-4-1-3-16(13-17)21-22(23(26)31)34-24(28-21)30-15-27-19-6-5-18(14-20(19)30)33-10-2-7-29-8-11-32-12-9-29/h1,3-6,13-15H,2,7-12H2,(H2,26,31). The van der Waals surface area contributed by atoms with E-state index in [4.69, 9.17) is 31.8 Å². The zero-order chi connectivity index (χ0) is 23.5. The highest BCUT2D eigenvalue weighted by Crippen LogP contribution is 2.33. The molecule has 1 saturated heterocycles. The summed E-state index contributed by atoms with van der Waals surface area (Å²) in [4.78, 5) is 24.1. The van der Waals surface area contributed by atoms with E-state index in [1.807, 2.05) is 34.9 Å². The Labute approximate surface area is 205 Å². The number of amides is 1. The minimum absolute atomic E-state index is 0.370. The molecule has 0 atom stereocenters. The van der Waals surface area contributed by atoms with Gasteiger partial charge >= 0.3 is 0 Å². The number of primary amides is 1. The third-order valence-electron chi connectivity index (χ3n) is 5.65. The third kappa shape index (κ3) is 4.92. The molecule has 10 heteroatoms. The highest BCUT2D eigenvalue weighted by Gasteiger charge is 2.20. The number of morpholine rings is 1. The number of aromatic nitrogens is 3. The number of benzene rings is 2. The maximum atomic E-state index is 12.1. The van der Waals surface area contributed by atoms with Crippen LogP contribution in [-0.2, 0) is 4.74 Å². The number of fused-ring (bicyclic) bond motifs is 1. The third-order valence-corrected chi connectivity index (χ3v) is 6.96. The fourth-order valence-electron chi connectivity index (χ4n) is 3.94. The van der Waals surface area contributed by atoms with Gasteiger partial charge in [0.1, 0.15) is 17.0 Å². The molecule has 3 heterocycles. The zero-order valence-corrected chi connectivity index (χ0v) is 20.0. The topological polar surface area (TPSA) is 95.5 Å². The van der Waals surface area contributed by atoms with E-state index in [9.17, 15) is 4.79 Å². The fourth-order valence-corrected chi connectivity index (χ4v) is 5.06. The Hall–Kier alpha value is -2.98. The Morgan fingerprint density at radius 2 is 2.06 bits per heavy atom. The average molecular weight is 498 g/mol. The second kappa shape index (κ2) is 10.1. The van der Waals surface area contributed by atoms with Crippen LogP contribution < -0.4 is 10.5 Å². The molecule has 2 aromatic heterocycles. The van der Waals surface area contributed by atoms with Crippen LogP contribution in [0.5, 0.6) is 5.75 Å². The van der Waals surface area contributed by atoms with Gasteiger partial charge in [-0.2, -0.15) is 0 Å². The first-order valence-corrected chi connectivity index (χ1v) is 12.2. The van der Waals surface area contributed by atoms with Gasteiger partial charge in [-0.05, 0) is 30.7 Å². The Morgan fingerprint density at radius 3 is 2.85 bits per heavy atom. The first-order valence-electron chi connectivity index (χ1n) is 11.1. The summed E-state index contributed by atoms with van der Waals surface area (Å²) >= 11 is 7.37. The molecule has 0 radical (unpaired) electrons. The maximum absolute atomic E-state index is 12.1. The van der Waals surface area contributed by atoms with Gasteiger partial charge in [-0.15, -0.1) is 0 Å². The number of carbonyl (C=O) groups excluding carboxylic acids is 1. The normalized spacial score (nSPS) is 14.5. The van der Waals surface area contributed by atoms with Crippen molar-refractivity contribution in [1.82, 2.24) is 19.4 Å². The minimum atomic E-state index is -0.535. The van der Waals surface area contributed by atoms with Crippen molar-refractivity contribution in [2.24, 2.45) is 5.73 Å². The second-order valence-electron chi connectivity index (χ2n) is 7.97. The molecule has 1 aliphatic rings. The highest BCUT2D eigenvalue weighted by molar-refractivity contribution is 7.16. The number of halogens is 1. The van der Waals surface area contributed by atoms with Gasteiger partial charge < -0.3 is 15.2 Å². The molecular formula is C24H24ClN5O3S. The average Bonchev–Trinajstić information content (AvgIpc) is 3.47. The van der Waals surface area contributed by atoms with Crippen molar-refractivity contribution in [3.05, 3.63) is 58.7 Å². The number of nitrogens with zero attached hydrogens (tertiary/aromatic N) is 4. The number of nitrogens with two attached hydrogens (primary N) is 1. The predicted molar refractivity (Wildman–Crippen MR) is 133 cm³/mol. The van der Waals surface area contributed by atoms with Crippen LogP contribution in [0.1, 0.15) is 16.1 Å². The lowest BCUT2D eigenvalue weighted by Crippen LogP contribution is -2.37. The van der Waals surface area contributed by atoms with Crippen LogP contribution in [0.2, 0.25) is 5.02 Å². The van der Waals surface area contributed by atoms with Gasteiger partial charge in [-0.25, -0.2) is 9.97 Å². The van der Waals surface area contributed by atoms with Gasteiger partial charge in [0.25, 0.3) is 5.91 Å². The van der Waals surface area contributed by atoms with Gasteiger partial charge in [0, 0.05) is 36.3 Å². The summed E-state index contributed by atoms with van der Waals surface area (Å²) in [6, 6.07) is 13.0. The van der Waals surface area contributed by atoms with Crippen LogP contribution in [0.15, 0.2) is 48.8 Å². The number of carbonyl (C=O) groups is 1. The molecule has 1 amide bonds. The first-order chi connectivity index (χ1) is 16.6. The number of rotatable bonds is 8. The Bertz CT molecular complexity index is 1320. The van der Waals surface area contributed by atoms with Crippen molar-refractivity contribution >= 4 is 39.9 Å². The number of imidazole rings is 1. The van der Waals surface area contributed by atoms with Crippen LogP contribution in [0, 0.1) is 0 Å². The Morgan fingerprint density at radius 1 is 1.21 bits per heavy atom. The molecule has 2 N–H and O–H groups in total. The van der Waals surface area contributed by atoms with Crippen LogP contribution in [-0.4, -0.2) is 64.8 Å². The summed E-state index contributed by atoms with van der Waals surface area (Å²) in [5, 5.41) is 1.15. The summed E-state index contributed by atoms with van der Waals surface area (Å²) in [6.07, 6.45) is 2.63. The molecule has 176 valence electrons. The summed E-state index contributed by atoms with van der Waals surface area (Å²) in [6.45, 7) is 5.17. The van der Waals surface area contributed by atoms with Crippen molar-refractivity contribution in [2.45, 2.75) is 6.42 Å². The van der Waals surface area contributed by atoms with Gasteiger partial charge in [0.05, 0.1) is 36.5 Å². The van der Waals surface area contributed by atoms with Crippen molar-refractivity contribution < 1.29 is 14.3 Å². The number of hydrogen-bond acceptors (Lipinski definition) is 7. The summed E-state index contributed by atoms with van der Waals surface area (Å²) in [5.41, 5.74) is 8.55. The monoisotopic (exact) mass is 497 g/mol. The molecule has 1 aliphatic heterocycles. The molecule has 0 aliphatic carbocycles. The largest absolute Gasteiger partial charge is 0.493 e. The van der Waals surface area contributed by atoms with Crippen LogP contribution >= 0.6 is 22.9 Å².